The molecule has 0 bridgehead atoms. The molecule has 2 N–H and O–H groups in total. The van der Waals surface area contributed by atoms with Crippen LogP contribution >= 0.6 is 11.3 Å². The third kappa shape index (κ3) is 3.27. The Morgan fingerprint density at radius 2 is 2.10 bits per heavy atom. The lowest BCUT2D eigenvalue weighted by Gasteiger charge is -2.20. The lowest BCUT2D eigenvalue weighted by Crippen LogP contribution is -2.35. The fourth-order valence-corrected chi connectivity index (χ4v) is 3.43. The molecule has 6 heteroatoms. The average Bonchev–Trinajstić information content (AvgIpc) is 3.34. The monoisotopic (exact) mass is 308 g/mol. The number of amides is 2. The Morgan fingerprint density at radius 1 is 1.38 bits per heavy atom. The first-order valence-corrected chi connectivity index (χ1v) is 8.25. The molecule has 0 spiro atoms. The Kier molecular flexibility index (Phi) is 3.99. The predicted octanol–water partition coefficient (Wildman–Crippen LogP) is 2.00. The van der Waals surface area contributed by atoms with Gasteiger partial charge in [-0.2, -0.15) is 0 Å². The summed E-state index contributed by atoms with van der Waals surface area (Å²) >= 11 is 1.34. The molecule has 1 heterocycles. The molecule has 114 valence electrons. The van der Waals surface area contributed by atoms with Crippen molar-refractivity contribution in [3.63, 3.8) is 0 Å². The van der Waals surface area contributed by atoms with E-state index in [1.54, 1.807) is 4.90 Å². The summed E-state index contributed by atoms with van der Waals surface area (Å²) in [6.07, 6.45) is 3.96. The molecule has 1 aromatic rings. The van der Waals surface area contributed by atoms with Crippen LogP contribution in [0.25, 0.3) is 0 Å². The van der Waals surface area contributed by atoms with Gasteiger partial charge >= 0.3 is 0 Å². The van der Waals surface area contributed by atoms with E-state index < -0.39 is 0 Å². The second-order valence-corrected chi connectivity index (χ2v) is 6.89. The number of hydrogen-bond acceptors (Lipinski definition) is 4. The van der Waals surface area contributed by atoms with Crippen molar-refractivity contribution in [2.24, 2.45) is 5.92 Å². The van der Waals surface area contributed by atoms with Crippen molar-refractivity contribution in [1.29, 1.82) is 0 Å². The van der Waals surface area contributed by atoms with E-state index in [1.165, 1.54) is 11.3 Å². The number of aliphatic hydroxyl groups is 1. The van der Waals surface area contributed by atoms with Gasteiger partial charge in [0.25, 0.3) is 5.91 Å². The smallest absolute Gasteiger partial charge is 0.264 e. The highest BCUT2D eigenvalue weighted by atomic mass is 32.1. The minimum absolute atomic E-state index is 0.0159. The Morgan fingerprint density at radius 3 is 2.67 bits per heavy atom. The quantitative estimate of drug-likeness (QED) is 0.844. The number of aryl methyl sites for hydroxylation is 1. The van der Waals surface area contributed by atoms with E-state index in [9.17, 15) is 9.59 Å². The van der Waals surface area contributed by atoms with Gasteiger partial charge in [0.2, 0.25) is 5.91 Å². The highest BCUT2D eigenvalue weighted by Gasteiger charge is 2.34. The standard InChI is InChI=1S/C15H20N2O3S/c1-9-8-12(16-14(19)10-2-3-10)21-13(9)15(20)17(6-7-18)11-4-5-11/h8,10-11,18H,2-7H2,1H3,(H,16,19). The number of nitrogens with zero attached hydrogens (tertiary/aromatic N) is 1. The van der Waals surface area contributed by atoms with Crippen molar-refractivity contribution in [3.05, 3.63) is 16.5 Å². The number of rotatable bonds is 6. The predicted molar refractivity (Wildman–Crippen MR) is 81.6 cm³/mol. The minimum atomic E-state index is -0.0269. The second kappa shape index (κ2) is 5.77. The van der Waals surface area contributed by atoms with Gasteiger partial charge in [0.15, 0.2) is 0 Å². The van der Waals surface area contributed by atoms with Gasteiger partial charge in [-0.25, -0.2) is 0 Å². The van der Waals surface area contributed by atoms with Crippen molar-refractivity contribution >= 4 is 28.2 Å². The van der Waals surface area contributed by atoms with Crippen molar-refractivity contribution in [1.82, 2.24) is 4.90 Å². The first-order valence-electron chi connectivity index (χ1n) is 7.43. The van der Waals surface area contributed by atoms with Gasteiger partial charge in [0.05, 0.1) is 16.5 Å². The topological polar surface area (TPSA) is 69.6 Å². The minimum Gasteiger partial charge on any atom is -0.395 e. The Labute approximate surface area is 128 Å². The molecule has 21 heavy (non-hydrogen) atoms. The molecule has 1 aromatic heterocycles. The van der Waals surface area contributed by atoms with Gasteiger partial charge in [-0.1, -0.05) is 0 Å². The molecule has 2 fully saturated rings. The fraction of sp³-hybridized carbons (Fsp3) is 0.600. The van der Waals surface area contributed by atoms with Crippen LogP contribution in [0.5, 0.6) is 0 Å². The van der Waals surface area contributed by atoms with Crippen molar-refractivity contribution in [3.8, 4) is 0 Å². The lowest BCUT2D eigenvalue weighted by molar-refractivity contribution is -0.117. The van der Waals surface area contributed by atoms with Crippen LogP contribution in [0.4, 0.5) is 5.00 Å². The number of anilines is 1. The fourth-order valence-electron chi connectivity index (χ4n) is 2.40. The van der Waals surface area contributed by atoms with Gasteiger partial charge in [-0.05, 0) is 44.2 Å². The normalized spacial score (nSPS) is 17.6. The average molecular weight is 308 g/mol. The van der Waals surface area contributed by atoms with E-state index in [4.69, 9.17) is 5.11 Å². The Hall–Kier alpha value is -1.40. The van der Waals surface area contributed by atoms with Gasteiger partial charge in [0.1, 0.15) is 0 Å². The Balaban J connectivity index is 1.72. The molecule has 2 amide bonds. The zero-order valence-corrected chi connectivity index (χ0v) is 12.9. The Bertz CT molecular complexity index is 561. The van der Waals surface area contributed by atoms with E-state index in [1.807, 2.05) is 13.0 Å². The van der Waals surface area contributed by atoms with Crippen LogP contribution < -0.4 is 5.32 Å². The second-order valence-electron chi connectivity index (χ2n) is 5.84. The van der Waals surface area contributed by atoms with Crippen LogP contribution in [-0.2, 0) is 4.79 Å². The highest BCUT2D eigenvalue weighted by Crippen LogP contribution is 2.35. The van der Waals surface area contributed by atoms with Crippen LogP contribution in [0, 0.1) is 12.8 Å². The number of carbonyl (C=O) groups excluding carboxylic acids is 2. The number of thiophene rings is 1. The first kappa shape index (κ1) is 14.5. The molecule has 2 aliphatic rings. The maximum Gasteiger partial charge on any atom is 0.264 e. The summed E-state index contributed by atoms with van der Waals surface area (Å²) in [5, 5.41) is 12.8. The first-order chi connectivity index (χ1) is 10.1. The summed E-state index contributed by atoms with van der Waals surface area (Å²) in [7, 11) is 0. The van der Waals surface area contributed by atoms with E-state index in [2.05, 4.69) is 5.32 Å². The zero-order valence-electron chi connectivity index (χ0n) is 12.1. The molecule has 5 nitrogen and oxygen atoms in total. The van der Waals surface area contributed by atoms with E-state index in [0.29, 0.717) is 11.4 Å². The van der Waals surface area contributed by atoms with Crippen LogP contribution in [0.15, 0.2) is 6.07 Å². The summed E-state index contributed by atoms with van der Waals surface area (Å²) in [6, 6.07) is 2.14. The van der Waals surface area contributed by atoms with Gasteiger partial charge in [-0.3, -0.25) is 9.59 Å². The highest BCUT2D eigenvalue weighted by molar-refractivity contribution is 7.18. The summed E-state index contributed by atoms with van der Waals surface area (Å²) < 4.78 is 0. The summed E-state index contributed by atoms with van der Waals surface area (Å²) in [6.45, 7) is 2.25. The van der Waals surface area contributed by atoms with Crippen molar-refractivity contribution < 1.29 is 14.7 Å². The third-order valence-corrected chi connectivity index (χ3v) is 5.04. The summed E-state index contributed by atoms with van der Waals surface area (Å²) in [5.74, 6) is 0.189. The number of hydrogen-bond donors (Lipinski definition) is 2. The zero-order chi connectivity index (χ0) is 15.0. The molecule has 0 unspecified atom stereocenters. The van der Waals surface area contributed by atoms with E-state index >= 15 is 0 Å². The SMILES string of the molecule is Cc1cc(NC(=O)C2CC2)sc1C(=O)N(CCO)C1CC1. The maximum atomic E-state index is 12.6. The largest absolute Gasteiger partial charge is 0.395 e. The van der Waals surface area contributed by atoms with Crippen LogP contribution in [0.2, 0.25) is 0 Å². The molecule has 0 aromatic carbocycles. The van der Waals surface area contributed by atoms with Crippen molar-refractivity contribution in [2.45, 2.75) is 38.6 Å². The molecule has 2 saturated carbocycles. The molecule has 3 rings (SSSR count). The van der Waals surface area contributed by atoms with Crippen molar-refractivity contribution in [2.75, 3.05) is 18.5 Å². The third-order valence-electron chi connectivity index (χ3n) is 3.90. The molecule has 0 saturated heterocycles. The van der Waals surface area contributed by atoms with Gasteiger partial charge in [0, 0.05) is 18.5 Å². The number of carbonyl (C=O) groups is 2. The number of aliphatic hydroxyl groups excluding tert-OH is 1. The van der Waals surface area contributed by atoms with Crippen LogP contribution in [-0.4, -0.2) is 41.0 Å². The molecular weight excluding hydrogens is 288 g/mol. The van der Waals surface area contributed by atoms with Gasteiger partial charge < -0.3 is 15.3 Å². The summed E-state index contributed by atoms with van der Waals surface area (Å²) in [4.78, 5) is 26.8. The molecule has 2 aliphatic carbocycles. The summed E-state index contributed by atoms with van der Waals surface area (Å²) in [5.41, 5.74) is 0.889. The molecule has 0 radical (unpaired) electrons. The van der Waals surface area contributed by atoms with E-state index in [0.717, 1.165) is 36.2 Å². The lowest BCUT2D eigenvalue weighted by atomic mass is 10.2. The van der Waals surface area contributed by atoms with Gasteiger partial charge in [-0.15, -0.1) is 11.3 Å². The maximum absolute atomic E-state index is 12.6. The van der Waals surface area contributed by atoms with Crippen LogP contribution in [0.1, 0.15) is 40.9 Å². The van der Waals surface area contributed by atoms with E-state index in [-0.39, 0.29) is 30.4 Å². The molecule has 0 atom stereocenters. The number of nitrogens with one attached hydrogen (secondary N) is 1. The van der Waals surface area contributed by atoms with Crippen LogP contribution in [0.3, 0.4) is 0 Å². The molecule has 0 aliphatic heterocycles. The molecular formula is C15H20N2O3S.